The van der Waals surface area contributed by atoms with E-state index in [4.69, 9.17) is 10.8 Å². The van der Waals surface area contributed by atoms with Gasteiger partial charge in [0.25, 0.3) is 0 Å². The molecule has 0 aromatic carbocycles. The topological polar surface area (TPSA) is 75.3 Å². The van der Waals surface area contributed by atoms with Crippen LogP contribution >= 0.6 is 11.3 Å². The molecule has 0 saturated heterocycles. The number of aliphatic hydroxyl groups is 1. The second-order valence-corrected chi connectivity index (χ2v) is 4.13. The van der Waals surface area contributed by atoms with Gasteiger partial charge in [0.15, 0.2) is 0 Å². The Kier molecular flexibility index (Phi) is 4.06. The molecule has 0 bridgehead atoms. The summed E-state index contributed by atoms with van der Waals surface area (Å²) >= 11 is 1.49. The molecule has 1 aromatic rings. The van der Waals surface area contributed by atoms with Crippen LogP contribution in [0.1, 0.15) is 22.2 Å². The Morgan fingerprint density at radius 1 is 1.79 bits per heavy atom. The van der Waals surface area contributed by atoms with Crippen LogP contribution in [0.25, 0.3) is 0 Å². The maximum Gasteiger partial charge on any atom is 0.249 e. The lowest BCUT2D eigenvalue weighted by molar-refractivity contribution is 0.100. The Bertz CT molecular complexity index is 312. The lowest BCUT2D eigenvalue weighted by Crippen LogP contribution is -2.28. The average Bonchev–Trinajstić information content (AvgIpc) is 2.62. The normalized spacial score (nSPS) is 12.7. The first-order valence-electron chi connectivity index (χ1n) is 4.35. The molecule has 0 saturated carbocycles. The molecule has 0 spiro atoms. The predicted octanol–water partition coefficient (Wildman–Crippen LogP) is 0.317. The van der Waals surface area contributed by atoms with E-state index in [1.807, 2.05) is 6.92 Å². The molecule has 1 aromatic heterocycles. The summed E-state index contributed by atoms with van der Waals surface area (Å²) in [5, 5.41) is 13.6. The van der Waals surface area contributed by atoms with Gasteiger partial charge in [-0.25, -0.2) is 0 Å². The average molecular weight is 214 g/mol. The van der Waals surface area contributed by atoms with E-state index >= 15 is 0 Å². The summed E-state index contributed by atoms with van der Waals surface area (Å²) < 4.78 is 0. The zero-order valence-electron chi connectivity index (χ0n) is 7.99. The molecule has 0 unspecified atom stereocenters. The molecule has 0 aliphatic heterocycles. The monoisotopic (exact) mass is 214 g/mol. The van der Waals surface area contributed by atoms with E-state index in [9.17, 15) is 4.79 Å². The molecule has 0 radical (unpaired) electrons. The van der Waals surface area contributed by atoms with E-state index in [-0.39, 0.29) is 12.6 Å². The summed E-state index contributed by atoms with van der Waals surface area (Å²) in [6.45, 7) is 2.65. The SMILES string of the molecule is C[C@@H](CO)NCc1cc(C(N)=O)cs1. The highest BCUT2D eigenvalue weighted by Crippen LogP contribution is 2.13. The number of rotatable bonds is 5. The molecule has 1 heterocycles. The summed E-state index contributed by atoms with van der Waals surface area (Å²) in [5.41, 5.74) is 5.66. The van der Waals surface area contributed by atoms with E-state index < -0.39 is 5.91 Å². The van der Waals surface area contributed by atoms with Gasteiger partial charge < -0.3 is 16.2 Å². The van der Waals surface area contributed by atoms with Gasteiger partial charge >= 0.3 is 0 Å². The maximum absolute atomic E-state index is 10.8. The molecule has 5 heteroatoms. The van der Waals surface area contributed by atoms with Gasteiger partial charge in [-0.1, -0.05) is 0 Å². The van der Waals surface area contributed by atoms with Crippen molar-refractivity contribution in [3.05, 3.63) is 21.9 Å². The highest BCUT2D eigenvalue weighted by atomic mass is 32.1. The van der Waals surface area contributed by atoms with Crippen LogP contribution in [0.5, 0.6) is 0 Å². The smallest absolute Gasteiger partial charge is 0.249 e. The largest absolute Gasteiger partial charge is 0.395 e. The first-order valence-corrected chi connectivity index (χ1v) is 5.23. The number of nitrogens with two attached hydrogens (primary N) is 1. The standard InChI is InChI=1S/C9H14N2O2S/c1-6(4-12)11-3-8-2-7(5-14-8)9(10)13/h2,5-6,11-12H,3-4H2,1H3,(H2,10,13)/t6-/m0/s1. The van der Waals surface area contributed by atoms with Crippen molar-refractivity contribution in [3.8, 4) is 0 Å². The number of nitrogens with one attached hydrogen (secondary N) is 1. The summed E-state index contributed by atoms with van der Waals surface area (Å²) in [4.78, 5) is 11.8. The lowest BCUT2D eigenvalue weighted by atomic mass is 10.3. The van der Waals surface area contributed by atoms with Gasteiger partial charge in [-0.3, -0.25) is 4.79 Å². The Balaban J connectivity index is 2.48. The van der Waals surface area contributed by atoms with E-state index in [0.717, 1.165) is 4.88 Å². The number of hydrogen-bond acceptors (Lipinski definition) is 4. The third kappa shape index (κ3) is 3.10. The second kappa shape index (κ2) is 5.09. The van der Waals surface area contributed by atoms with Gasteiger partial charge in [0.1, 0.15) is 0 Å². The predicted molar refractivity (Wildman–Crippen MR) is 56.2 cm³/mol. The van der Waals surface area contributed by atoms with Crippen molar-refractivity contribution >= 4 is 17.2 Å². The second-order valence-electron chi connectivity index (χ2n) is 3.13. The minimum atomic E-state index is -0.400. The van der Waals surface area contributed by atoms with E-state index in [1.54, 1.807) is 11.4 Å². The zero-order valence-corrected chi connectivity index (χ0v) is 8.80. The van der Waals surface area contributed by atoms with Crippen molar-refractivity contribution < 1.29 is 9.90 Å². The first kappa shape index (κ1) is 11.2. The fourth-order valence-electron chi connectivity index (χ4n) is 0.942. The molecule has 1 rings (SSSR count). The summed E-state index contributed by atoms with van der Waals surface area (Å²) in [5.74, 6) is -0.400. The minimum Gasteiger partial charge on any atom is -0.395 e. The van der Waals surface area contributed by atoms with Crippen LogP contribution < -0.4 is 11.1 Å². The fraction of sp³-hybridized carbons (Fsp3) is 0.444. The Morgan fingerprint density at radius 3 is 3.00 bits per heavy atom. The Morgan fingerprint density at radius 2 is 2.50 bits per heavy atom. The molecule has 4 N–H and O–H groups in total. The van der Waals surface area contributed by atoms with Crippen molar-refractivity contribution in [2.45, 2.75) is 19.5 Å². The number of hydrogen-bond donors (Lipinski definition) is 3. The van der Waals surface area contributed by atoms with E-state index in [0.29, 0.717) is 12.1 Å². The molecule has 4 nitrogen and oxygen atoms in total. The van der Waals surface area contributed by atoms with Crippen LogP contribution in [0.4, 0.5) is 0 Å². The van der Waals surface area contributed by atoms with Crippen LogP contribution in [0.3, 0.4) is 0 Å². The molecule has 1 atom stereocenters. The van der Waals surface area contributed by atoms with Gasteiger partial charge in [0, 0.05) is 22.8 Å². The van der Waals surface area contributed by atoms with Crippen molar-refractivity contribution in [2.24, 2.45) is 5.73 Å². The van der Waals surface area contributed by atoms with Gasteiger partial charge in [-0.2, -0.15) is 0 Å². The molecule has 0 aliphatic carbocycles. The van der Waals surface area contributed by atoms with Crippen LogP contribution in [-0.2, 0) is 6.54 Å². The number of amides is 1. The Hall–Kier alpha value is -0.910. The van der Waals surface area contributed by atoms with Crippen molar-refractivity contribution in [3.63, 3.8) is 0 Å². The third-order valence-corrected chi connectivity index (χ3v) is 2.77. The molecule has 78 valence electrons. The fourth-order valence-corrected chi connectivity index (χ4v) is 1.77. The molecular formula is C9H14N2O2S. The molecule has 1 amide bonds. The zero-order chi connectivity index (χ0) is 10.6. The Labute approximate surface area is 86.7 Å². The van der Waals surface area contributed by atoms with E-state index in [1.165, 1.54) is 11.3 Å². The van der Waals surface area contributed by atoms with Crippen LogP contribution in [0.15, 0.2) is 11.4 Å². The molecular weight excluding hydrogens is 200 g/mol. The highest BCUT2D eigenvalue weighted by molar-refractivity contribution is 7.10. The molecule has 0 fully saturated rings. The third-order valence-electron chi connectivity index (χ3n) is 1.84. The number of thiophene rings is 1. The van der Waals surface area contributed by atoms with Crippen molar-refractivity contribution in [1.29, 1.82) is 0 Å². The summed E-state index contributed by atoms with van der Waals surface area (Å²) in [6.07, 6.45) is 0. The number of carbonyl (C=O) groups excluding carboxylic acids is 1. The number of aliphatic hydroxyl groups excluding tert-OH is 1. The summed E-state index contributed by atoms with van der Waals surface area (Å²) in [6, 6.07) is 1.83. The van der Waals surface area contributed by atoms with Gasteiger partial charge in [0.2, 0.25) is 5.91 Å². The maximum atomic E-state index is 10.8. The van der Waals surface area contributed by atoms with Crippen molar-refractivity contribution in [2.75, 3.05) is 6.61 Å². The van der Waals surface area contributed by atoms with Crippen LogP contribution in [-0.4, -0.2) is 23.7 Å². The highest BCUT2D eigenvalue weighted by Gasteiger charge is 2.05. The minimum absolute atomic E-state index is 0.0640. The number of carbonyl (C=O) groups is 1. The van der Waals surface area contributed by atoms with Crippen LogP contribution in [0.2, 0.25) is 0 Å². The van der Waals surface area contributed by atoms with Crippen LogP contribution in [0, 0.1) is 0 Å². The van der Waals surface area contributed by atoms with Crippen molar-refractivity contribution in [1.82, 2.24) is 5.32 Å². The number of primary amides is 1. The summed E-state index contributed by atoms with van der Waals surface area (Å²) in [7, 11) is 0. The van der Waals surface area contributed by atoms with Gasteiger partial charge in [-0.15, -0.1) is 11.3 Å². The lowest BCUT2D eigenvalue weighted by Gasteiger charge is -2.08. The van der Waals surface area contributed by atoms with E-state index in [2.05, 4.69) is 5.32 Å². The molecule has 0 aliphatic rings. The van der Waals surface area contributed by atoms with Gasteiger partial charge in [0.05, 0.1) is 12.2 Å². The quantitative estimate of drug-likeness (QED) is 0.660. The first-order chi connectivity index (χ1) is 6.63. The van der Waals surface area contributed by atoms with Gasteiger partial charge in [-0.05, 0) is 13.0 Å². The molecule has 14 heavy (non-hydrogen) atoms.